The summed E-state index contributed by atoms with van der Waals surface area (Å²) in [6, 6.07) is 3.53. The van der Waals surface area contributed by atoms with Crippen LogP contribution < -0.4 is 10.2 Å². The van der Waals surface area contributed by atoms with Gasteiger partial charge in [0.25, 0.3) is 0 Å². The highest BCUT2D eigenvalue weighted by atomic mass is 16.5. The molecule has 0 aliphatic rings. The minimum absolute atomic E-state index is 0.0307. The average molecular weight is 137 g/mol. The Morgan fingerprint density at radius 3 is 3.00 bits per heavy atom. The fraction of sp³-hybridized carbons (Fsp3) is 0.167. The molecule has 4 heteroatoms. The van der Waals surface area contributed by atoms with Gasteiger partial charge in [0.15, 0.2) is 0 Å². The molecule has 0 saturated heterocycles. The van der Waals surface area contributed by atoms with Crippen molar-refractivity contribution in [3.05, 3.63) is 18.3 Å². The van der Waals surface area contributed by atoms with Crippen LogP contribution in [0.15, 0.2) is 18.3 Å². The molecule has 0 aliphatic carbocycles. The van der Waals surface area contributed by atoms with Gasteiger partial charge in [0.05, 0.1) is 7.11 Å². The Morgan fingerprint density at radius 1 is 1.70 bits per heavy atom. The Labute approximate surface area is 59.9 Å². The number of methoxy groups -OCH3 is 1. The summed E-state index contributed by atoms with van der Waals surface area (Å²) in [5.74, 6) is 0.491. The number of pyridine rings is 1. The third kappa shape index (κ3) is 1.27. The van der Waals surface area contributed by atoms with Crippen molar-refractivity contribution < 1.29 is 9.76 Å². The van der Waals surface area contributed by atoms with Crippen molar-refractivity contribution in [3.63, 3.8) is 0 Å². The lowest BCUT2D eigenvalue weighted by atomic mass is 9.90. The molecule has 1 N–H and O–H groups in total. The summed E-state index contributed by atoms with van der Waals surface area (Å²) in [5, 5.41) is 8.73. The fourth-order valence-electron chi connectivity index (χ4n) is 0.728. The maximum absolute atomic E-state index is 8.73. The van der Waals surface area contributed by atoms with Crippen molar-refractivity contribution >= 4 is 12.9 Å². The summed E-state index contributed by atoms with van der Waals surface area (Å²) in [6.45, 7) is 0. The maximum atomic E-state index is 8.73. The van der Waals surface area contributed by atoms with Crippen LogP contribution in [0.4, 0.5) is 0 Å². The van der Waals surface area contributed by atoms with E-state index < -0.39 is 0 Å². The SMILES string of the molecule is COc1ncccc1BO. The smallest absolute Gasteiger partial charge is 0.310 e. The van der Waals surface area contributed by atoms with Gasteiger partial charge >= 0.3 is 7.48 Å². The number of ether oxygens (including phenoxy) is 1. The molecule has 0 radical (unpaired) electrons. The van der Waals surface area contributed by atoms with E-state index in [9.17, 15) is 0 Å². The zero-order valence-corrected chi connectivity index (χ0v) is 5.74. The minimum Gasteiger partial charge on any atom is -0.481 e. The summed E-state index contributed by atoms with van der Waals surface area (Å²) < 4.78 is 4.87. The monoisotopic (exact) mass is 137 g/mol. The highest BCUT2D eigenvalue weighted by molar-refractivity contribution is 6.46. The van der Waals surface area contributed by atoms with Crippen LogP contribution in [0.2, 0.25) is 0 Å². The molecule has 0 saturated carbocycles. The number of nitrogens with zero attached hydrogens (tertiary/aromatic N) is 1. The summed E-state index contributed by atoms with van der Waals surface area (Å²) in [6.07, 6.45) is 1.62. The van der Waals surface area contributed by atoms with Gasteiger partial charge in [0, 0.05) is 11.7 Å². The third-order valence-corrected chi connectivity index (χ3v) is 1.21. The van der Waals surface area contributed by atoms with Crippen LogP contribution >= 0.6 is 0 Å². The van der Waals surface area contributed by atoms with Gasteiger partial charge in [-0.25, -0.2) is 4.98 Å². The molecule has 52 valence electrons. The minimum atomic E-state index is -0.0307. The zero-order chi connectivity index (χ0) is 7.40. The van der Waals surface area contributed by atoms with Crippen LogP contribution in [0.1, 0.15) is 0 Å². The molecule has 1 rings (SSSR count). The summed E-state index contributed by atoms with van der Waals surface area (Å²) in [7, 11) is 1.50. The zero-order valence-electron chi connectivity index (χ0n) is 5.74. The van der Waals surface area contributed by atoms with Gasteiger partial charge in [-0.2, -0.15) is 0 Å². The molecule has 0 amide bonds. The molecular formula is C6H8BNO2. The van der Waals surface area contributed by atoms with E-state index in [0.29, 0.717) is 11.3 Å². The Kier molecular flexibility index (Phi) is 2.28. The van der Waals surface area contributed by atoms with E-state index in [1.807, 2.05) is 0 Å². The van der Waals surface area contributed by atoms with Crippen molar-refractivity contribution in [1.82, 2.24) is 4.98 Å². The molecule has 0 atom stereocenters. The van der Waals surface area contributed by atoms with Crippen LogP contribution in [-0.4, -0.2) is 24.6 Å². The third-order valence-electron chi connectivity index (χ3n) is 1.21. The van der Waals surface area contributed by atoms with Gasteiger partial charge in [-0.3, -0.25) is 0 Å². The van der Waals surface area contributed by atoms with Crippen LogP contribution in [-0.2, 0) is 0 Å². The van der Waals surface area contributed by atoms with Gasteiger partial charge in [0.2, 0.25) is 5.88 Å². The van der Waals surface area contributed by atoms with E-state index in [2.05, 4.69) is 4.98 Å². The molecule has 0 bridgehead atoms. The summed E-state index contributed by atoms with van der Waals surface area (Å²) in [5.41, 5.74) is 0.713. The highest BCUT2D eigenvalue weighted by Crippen LogP contribution is 1.97. The first-order valence-electron chi connectivity index (χ1n) is 2.97. The molecule has 1 aromatic rings. The molecule has 0 aliphatic heterocycles. The normalized spacial score (nSPS) is 9.00. The van der Waals surface area contributed by atoms with Gasteiger partial charge in [0.1, 0.15) is 0 Å². The van der Waals surface area contributed by atoms with E-state index in [-0.39, 0.29) is 7.48 Å². The first-order chi connectivity index (χ1) is 4.88. The summed E-state index contributed by atoms with van der Waals surface area (Å²) >= 11 is 0. The van der Waals surface area contributed by atoms with E-state index in [0.717, 1.165) is 0 Å². The van der Waals surface area contributed by atoms with Gasteiger partial charge in [-0.1, -0.05) is 6.07 Å². The van der Waals surface area contributed by atoms with Gasteiger partial charge in [-0.05, 0) is 6.07 Å². The van der Waals surface area contributed by atoms with Crippen LogP contribution in [0.25, 0.3) is 0 Å². The molecule has 0 aromatic carbocycles. The van der Waals surface area contributed by atoms with Crippen LogP contribution in [0.5, 0.6) is 5.88 Å². The fourth-order valence-corrected chi connectivity index (χ4v) is 0.728. The van der Waals surface area contributed by atoms with Crippen LogP contribution in [0.3, 0.4) is 0 Å². The molecular weight excluding hydrogens is 129 g/mol. The predicted molar refractivity (Wildman–Crippen MR) is 39.8 cm³/mol. The summed E-state index contributed by atoms with van der Waals surface area (Å²) in [4.78, 5) is 3.89. The first kappa shape index (κ1) is 7.09. The molecule has 0 unspecified atom stereocenters. The molecule has 1 aromatic heterocycles. The Balaban J connectivity index is 2.96. The molecule has 3 nitrogen and oxygen atoms in total. The highest BCUT2D eigenvalue weighted by Gasteiger charge is 2.00. The quantitative estimate of drug-likeness (QED) is 0.535. The molecule has 0 spiro atoms. The van der Waals surface area contributed by atoms with E-state index in [1.165, 1.54) is 7.11 Å². The lowest BCUT2D eigenvalue weighted by Gasteiger charge is -2.00. The second-order valence-electron chi connectivity index (χ2n) is 1.83. The predicted octanol–water partition coefficient (Wildman–Crippen LogP) is -0.941. The van der Waals surface area contributed by atoms with E-state index in [1.54, 1.807) is 18.3 Å². The Bertz CT molecular complexity index is 194. The topological polar surface area (TPSA) is 42.4 Å². The average Bonchev–Trinajstić information content (AvgIpc) is 2.04. The number of hydrogen-bond acceptors (Lipinski definition) is 3. The Hall–Kier alpha value is -1.03. The number of hydrogen-bond donors (Lipinski definition) is 1. The van der Waals surface area contributed by atoms with E-state index >= 15 is 0 Å². The number of aromatic nitrogens is 1. The maximum Gasteiger partial charge on any atom is 0.310 e. The molecule has 1 heterocycles. The van der Waals surface area contributed by atoms with Gasteiger partial charge in [-0.15, -0.1) is 0 Å². The van der Waals surface area contributed by atoms with Crippen molar-refractivity contribution in [3.8, 4) is 5.88 Å². The lowest BCUT2D eigenvalue weighted by molar-refractivity contribution is 0.400. The largest absolute Gasteiger partial charge is 0.481 e. The van der Waals surface area contributed by atoms with Gasteiger partial charge < -0.3 is 9.76 Å². The Morgan fingerprint density at radius 2 is 2.50 bits per heavy atom. The molecule has 10 heavy (non-hydrogen) atoms. The first-order valence-corrected chi connectivity index (χ1v) is 2.97. The van der Waals surface area contributed by atoms with Crippen molar-refractivity contribution in [1.29, 1.82) is 0 Å². The lowest BCUT2D eigenvalue weighted by Crippen LogP contribution is -2.16. The van der Waals surface area contributed by atoms with E-state index in [4.69, 9.17) is 9.76 Å². The van der Waals surface area contributed by atoms with Crippen LogP contribution in [0, 0.1) is 0 Å². The number of rotatable bonds is 2. The van der Waals surface area contributed by atoms with Crippen molar-refractivity contribution in [2.45, 2.75) is 0 Å². The molecule has 0 fully saturated rings. The van der Waals surface area contributed by atoms with Crippen molar-refractivity contribution in [2.75, 3.05) is 7.11 Å². The standard InChI is InChI=1S/C6H8BNO2/c1-10-6-5(7-9)3-2-4-8-6/h2-4,7,9H,1H3. The second-order valence-corrected chi connectivity index (χ2v) is 1.83. The van der Waals surface area contributed by atoms with Crippen molar-refractivity contribution in [2.24, 2.45) is 0 Å². The second kappa shape index (κ2) is 3.22.